The van der Waals surface area contributed by atoms with Crippen molar-refractivity contribution in [2.24, 2.45) is 0 Å². The highest BCUT2D eigenvalue weighted by molar-refractivity contribution is 7.88. The van der Waals surface area contributed by atoms with Crippen LogP contribution in [0.1, 0.15) is 39.5 Å². The van der Waals surface area contributed by atoms with E-state index in [1.54, 1.807) is 6.07 Å². The molecule has 0 spiro atoms. The van der Waals surface area contributed by atoms with Crippen molar-refractivity contribution in [2.75, 3.05) is 25.9 Å². The van der Waals surface area contributed by atoms with Gasteiger partial charge in [0.25, 0.3) is 5.91 Å². The quantitative estimate of drug-likeness (QED) is 0.582. The smallest absolute Gasteiger partial charge is 0.261 e. The molecule has 0 atom stereocenters. The SMILES string of the molecule is CCN(CC)Cc1ccccc1CNC(=O)c1ccc(CCNS(C)(=O)=O)s1. The van der Waals surface area contributed by atoms with Gasteiger partial charge in [-0.25, -0.2) is 13.1 Å². The molecule has 0 bridgehead atoms. The molecule has 2 N–H and O–H groups in total. The van der Waals surface area contributed by atoms with Crippen LogP contribution in [0.2, 0.25) is 0 Å². The largest absolute Gasteiger partial charge is 0.347 e. The Morgan fingerprint density at radius 3 is 2.39 bits per heavy atom. The predicted molar refractivity (Wildman–Crippen MR) is 115 cm³/mol. The summed E-state index contributed by atoms with van der Waals surface area (Å²) in [5.41, 5.74) is 2.35. The third-order valence-corrected chi connectivity index (χ3v) is 6.34. The number of nitrogens with zero attached hydrogens (tertiary/aromatic N) is 1. The van der Waals surface area contributed by atoms with Gasteiger partial charge < -0.3 is 5.32 Å². The number of hydrogen-bond acceptors (Lipinski definition) is 5. The van der Waals surface area contributed by atoms with E-state index in [1.165, 1.54) is 16.9 Å². The van der Waals surface area contributed by atoms with Crippen LogP contribution in [0.15, 0.2) is 36.4 Å². The third kappa shape index (κ3) is 7.35. The van der Waals surface area contributed by atoms with Crippen molar-refractivity contribution >= 4 is 27.3 Å². The van der Waals surface area contributed by atoms with Crippen molar-refractivity contribution in [3.63, 3.8) is 0 Å². The van der Waals surface area contributed by atoms with Crippen LogP contribution in [-0.4, -0.2) is 45.1 Å². The number of hydrogen-bond donors (Lipinski definition) is 2. The first-order chi connectivity index (χ1) is 13.3. The lowest BCUT2D eigenvalue weighted by Crippen LogP contribution is -2.25. The maximum absolute atomic E-state index is 12.5. The zero-order valence-electron chi connectivity index (χ0n) is 16.7. The van der Waals surface area contributed by atoms with Gasteiger partial charge in [0.15, 0.2) is 0 Å². The molecular formula is C20H29N3O3S2. The van der Waals surface area contributed by atoms with Gasteiger partial charge in [0.1, 0.15) is 0 Å². The van der Waals surface area contributed by atoms with Crippen LogP contribution < -0.4 is 10.0 Å². The van der Waals surface area contributed by atoms with E-state index in [0.29, 0.717) is 24.4 Å². The minimum Gasteiger partial charge on any atom is -0.347 e. The van der Waals surface area contributed by atoms with Crippen molar-refractivity contribution < 1.29 is 13.2 Å². The summed E-state index contributed by atoms with van der Waals surface area (Å²) in [5, 5.41) is 3.00. The fourth-order valence-electron chi connectivity index (χ4n) is 2.83. The molecule has 0 aliphatic heterocycles. The molecule has 1 amide bonds. The molecule has 1 aromatic heterocycles. The van der Waals surface area contributed by atoms with E-state index in [0.717, 1.165) is 36.3 Å². The van der Waals surface area contributed by atoms with E-state index in [1.807, 2.05) is 18.2 Å². The molecule has 1 heterocycles. The number of sulfonamides is 1. The molecule has 0 aliphatic carbocycles. The summed E-state index contributed by atoms with van der Waals surface area (Å²) in [6.45, 7) is 7.96. The number of nitrogens with one attached hydrogen (secondary N) is 2. The van der Waals surface area contributed by atoms with Gasteiger partial charge in [-0.05, 0) is 42.8 Å². The van der Waals surface area contributed by atoms with E-state index in [4.69, 9.17) is 0 Å². The summed E-state index contributed by atoms with van der Waals surface area (Å²) in [6, 6.07) is 11.8. The van der Waals surface area contributed by atoms with Gasteiger partial charge in [-0.2, -0.15) is 0 Å². The second-order valence-corrected chi connectivity index (χ2v) is 9.60. The van der Waals surface area contributed by atoms with E-state index in [2.05, 4.69) is 40.9 Å². The Morgan fingerprint density at radius 2 is 1.75 bits per heavy atom. The Balaban J connectivity index is 1.92. The standard InChI is InChI=1S/C20H29N3O3S2/c1-4-23(5-2)15-17-9-7-6-8-16(17)14-21-20(24)19-11-10-18(27-19)12-13-22-28(3,25)26/h6-11,22H,4-5,12-15H2,1-3H3,(H,21,24). The van der Waals surface area contributed by atoms with Gasteiger partial charge in [-0.1, -0.05) is 38.1 Å². The summed E-state index contributed by atoms with van der Waals surface area (Å²) >= 11 is 1.39. The van der Waals surface area contributed by atoms with Gasteiger partial charge in [0.2, 0.25) is 10.0 Å². The first-order valence-corrected chi connectivity index (χ1v) is 12.1. The minimum atomic E-state index is -3.19. The average molecular weight is 424 g/mol. The lowest BCUT2D eigenvalue weighted by molar-refractivity contribution is 0.0955. The van der Waals surface area contributed by atoms with Crippen molar-refractivity contribution in [2.45, 2.75) is 33.4 Å². The van der Waals surface area contributed by atoms with E-state index in [-0.39, 0.29) is 5.91 Å². The highest BCUT2D eigenvalue weighted by Crippen LogP contribution is 2.17. The van der Waals surface area contributed by atoms with Crippen LogP contribution in [0.5, 0.6) is 0 Å². The fraction of sp³-hybridized carbons (Fsp3) is 0.450. The van der Waals surface area contributed by atoms with Crippen LogP contribution in [0, 0.1) is 0 Å². The molecule has 2 rings (SSSR count). The van der Waals surface area contributed by atoms with Crippen LogP contribution in [0.25, 0.3) is 0 Å². The number of rotatable bonds is 11. The number of amides is 1. The Bertz CT molecular complexity index is 874. The Kier molecular flexibility index (Phi) is 8.62. The van der Waals surface area contributed by atoms with E-state index < -0.39 is 10.0 Å². The van der Waals surface area contributed by atoms with Crippen LogP contribution in [0.4, 0.5) is 0 Å². The van der Waals surface area contributed by atoms with Crippen molar-refractivity contribution in [3.8, 4) is 0 Å². The molecule has 2 aromatic rings. The van der Waals surface area contributed by atoms with Crippen LogP contribution in [-0.2, 0) is 29.5 Å². The molecule has 1 aromatic carbocycles. The molecule has 0 fully saturated rings. The second-order valence-electron chi connectivity index (χ2n) is 6.60. The number of carbonyl (C=O) groups excluding carboxylic acids is 1. The van der Waals surface area contributed by atoms with Crippen molar-refractivity contribution in [1.82, 2.24) is 14.9 Å². The number of benzene rings is 1. The summed E-state index contributed by atoms with van der Waals surface area (Å²) in [6.07, 6.45) is 1.70. The van der Waals surface area contributed by atoms with Gasteiger partial charge in [-0.15, -0.1) is 11.3 Å². The summed E-state index contributed by atoms with van der Waals surface area (Å²) < 4.78 is 24.7. The molecule has 0 radical (unpaired) electrons. The molecule has 28 heavy (non-hydrogen) atoms. The van der Waals surface area contributed by atoms with E-state index >= 15 is 0 Å². The molecular weight excluding hydrogens is 394 g/mol. The fourth-order valence-corrected chi connectivity index (χ4v) is 4.23. The van der Waals surface area contributed by atoms with Crippen molar-refractivity contribution in [3.05, 3.63) is 57.3 Å². The van der Waals surface area contributed by atoms with Gasteiger partial charge in [0, 0.05) is 24.5 Å². The normalized spacial score (nSPS) is 11.7. The molecule has 0 saturated carbocycles. The first-order valence-electron chi connectivity index (χ1n) is 9.43. The van der Waals surface area contributed by atoms with Gasteiger partial charge >= 0.3 is 0 Å². The summed E-state index contributed by atoms with van der Waals surface area (Å²) in [4.78, 5) is 16.4. The minimum absolute atomic E-state index is 0.107. The Morgan fingerprint density at radius 1 is 1.07 bits per heavy atom. The molecule has 6 nitrogen and oxygen atoms in total. The van der Waals surface area contributed by atoms with E-state index in [9.17, 15) is 13.2 Å². The third-order valence-electron chi connectivity index (χ3n) is 4.47. The predicted octanol–water partition coefficient (Wildman–Crippen LogP) is 2.61. The average Bonchev–Trinajstić information content (AvgIpc) is 3.13. The molecule has 0 aliphatic rings. The number of thiophene rings is 1. The lowest BCUT2D eigenvalue weighted by Gasteiger charge is -2.20. The Hall–Kier alpha value is -1.74. The zero-order chi connectivity index (χ0) is 20.6. The van der Waals surface area contributed by atoms with Gasteiger partial charge in [-0.3, -0.25) is 9.69 Å². The Labute approximate surface area is 172 Å². The molecule has 0 unspecified atom stereocenters. The molecule has 0 saturated heterocycles. The number of carbonyl (C=O) groups is 1. The maximum atomic E-state index is 12.5. The maximum Gasteiger partial charge on any atom is 0.261 e. The summed E-state index contributed by atoms with van der Waals surface area (Å²) in [7, 11) is -3.19. The van der Waals surface area contributed by atoms with Crippen molar-refractivity contribution in [1.29, 1.82) is 0 Å². The first kappa shape index (κ1) is 22.5. The zero-order valence-corrected chi connectivity index (χ0v) is 18.3. The highest BCUT2D eigenvalue weighted by atomic mass is 32.2. The van der Waals surface area contributed by atoms with Crippen LogP contribution in [0.3, 0.4) is 0 Å². The topological polar surface area (TPSA) is 78.5 Å². The second kappa shape index (κ2) is 10.7. The lowest BCUT2D eigenvalue weighted by atomic mass is 10.1. The monoisotopic (exact) mass is 423 g/mol. The molecule has 8 heteroatoms. The molecule has 154 valence electrons. The van der Waals surface area contributed by atoms with Crippen LogP contribution >= 0.6 is 11.3 Å². The van der Waals surface area contributed by atoms with Gasteiger partial charge in [0.05, 0.1) is 11.1 Å². The summed E-state index contributed by atoms with van der Waals surface area (Å²) in [5.74, 6) is -0.107. The highest BCUT2D eigenvalue weighted by Gasteiger charge is 2.11.